The molecular weight excluding hydrogens is 264 g/mol. The molecule has 2 aromatic rings. The number of ether oxygens (including phenoxy) is 1. The van der Waals surface area contributed by atoms with E-state index in [1.807, 2.05) is 13.0 Å². The van der Waals surface area contributed by atoms with Crippen molar-refractivity contribution in [3.63, 3.8) is 0 Å². The molecule has 1 fully saturated rings. The fraction of sp³-hybridized carbons (Fsp3) is 0.312. The van der Waals surface area contributed by atoms with E-state index in [0.29, 0.717) is 0 Å². The van der Waals surface area contributed by atoms with Crippen molar-refractivity contribution in [2.45, 2.75) is 6.92 Å². The lowest BCUT2D eigenvalue weighted by molar-refractivity contribution is 0.122. The van der Waals surface area contributed by atoms with Crippen LogP contribution in [0.4, 0.5) is 22.9 Å². The molecule has 0 unspecified atom stereocenters. The summed E-state index contributed by atoms with van der Waals surface area (Å²) < 4.78 is 5.37. The Kier molecular flexibility index (Phi) is 3.92. The maximum atomic E-state index is 5.90. The van der Waals surface area contributed by atoms with Crippen molar-refractivity contribution in [1.29, 1.82) is 0 Å². The number of anilines is 4. The second-order valence-electron chi connectivity index (χ2n) is 5.20. The van der Waals surface area contributed by atoms with Gasteiger partial charge in [-0.05, 0) is 36.8 Å². The highest BCUT2D eigenvalue weighted by atomic mass is 16.5. The van der Waals surface area contributed by atoms with Crippen LogP contribution in [0, 0.1) is 6.92 Å². The van der Waals surface area contributed by atoms with Crippen LogP contribution < -0.4 is 16.0 Å². The molecule has 1 aromatic heterocycles. The predicted octanol–water partition coefficient (Wildman–Crippen LogP) is 2.55. The Labute approximate surface area is 124 Å². The van der Waals surface area contributed by atoms with Crippen LogP contribution in [0.15, 0.2) is 36.5 Å². The van der Waals surface area contributed by atoms with Crippen molar-refractivity contribution in [3.05, 3.63) is 42.1 Å². The molecule has 2 heterocycles. The van der Waals surface area contributed by atoms with E-state index in [1.165, 1.54) is 5.69 Å². The van der Waals surface area contributed by atoms with Crippen molar-refractivity contribution in [3.8, 4) is 0 Å². The summed E-state index contributed by atoms with van der Waals surface area (Å²) in [4.78, 5) is 6.66. The molecule has 0 aliphatic carbocycles. The first-order valence-corrected chi connectivity index (χ1v) is 7.14. The highest BCUT2D eigenvalue weighted by molar-refractivity contribution is 5.63. The maximum absolute atomic E-state index is 5.90. The molecule has 0 amide bonds. The summed E-state index contributed by atoms with van der Waals surface area (Å²) in [7, 11) is 0. The molecular formula is C16H20N4O. The zero-order valence-electron chi connectivity index (χ0n) is 12.2. The molecule has 0 atom stereocenters. The zero-order chi connectivity index (χ0) is 14.7. The van der Waals surface area contributed by atoms with E-state index >= 15 is 0 Å². The number of morpholine rings is 1. The molecule has 3 N–H and O–H groups in total. The zero-order valence-corrected chi connectivity index (χ0v) is 12.2. The Morgan fingerprint density at radius 1 is 1.19 bits per heavy atom. The molecule has 5 heteroatoms. The number of pyridine rings is 1. The second kappa shape index (κ2) is 6.01. The Bertz CT molecular complexity index is 606. The van der Waals surface area contributed by atoms with Crippen LogP contribution in [0.25, 0.3) is 0 Å². The quantitative estimate of drug-likeness (QED) is 0.907. The molecule has 3 rings (SSSR count). The highest BCUT2D eigenvalue weighted by Crippen LogP contribution is 2.22. The van der Waals surface area contributed by atoms with Gasteiger partial charge in [-0.1, -0.05) is 0 Å². The Morgan fingerprint density at radius 2 is 1.90 bits per heavy atom. The number of nitrogens with two attached hydrogens (primary N) is 1. The minimum atomic E-state index is 0.748. The predicted molar refractivity (Wildman–Crippen MR) is 86.1 cm³/mol. The number of benzene rings is 1. The first-order chi connectivity index (χ1) is 10.2. The van der Waals surface area contributed by atoms with Gasteiger partial charge < -0.3 is 20.7 Å². The van der Waals surface area contributed by atoms with Crippen molar-refractivity contribution < 1.29 is 4.74 Å². The number of aryl methyl sites for hydroxylation is 1. The molecule has 0 spiro atoms. The Morgan fingerprint density at radius 3 is 2.57 bits per heavy atom. The molecule has 1 aliphatic heterocycles. The van der Waals surface area contributed by atoms with Crippen LogP contribution in [-0.2, 0) is 4.74 Å². The summed E-state index contributed by atoms with van der Waals surface area (Å²) in [6, 6.07) is 10.2. The topological polar surface area (TPSA) is 63.4 Å². The van der Waals surface area contributed by atoms with Gasteiger partial charge in [-0.15, -0.1) is 0 Å². The fourth-order valence-corrected chi connectivity index (χ4v) is 2.33. The molecule has 1 aromatic carbocycles. The van der Waals surface area contributed by atoms with Crippen molar-refractivity contribution in [1.82, 2.24) is 4.98 Å². The summed E-state index contributed by atoms with van der Waals surface area (Å²) in [5.74, 6) is 0.761. The van der Waals surface area contributed by atoms with E-state index in [9.17, 15) is 0 Å². The molecule has 1 aliphatic rings. The fourth-order valence-electron chi connectivity index (χ4n) is 2.33. The van der Waals surface area contributed by atoms with Crippen molar-refractivity contribution in [2.24, 2.45) is 0 Å². The number of hydrogen-bond donors (Lipinski definition) is 2. The lowest BCUT2D eigenvalue weighted by atomic mass is 10.2. The molecule has 21 heavy (non-hydrogen) atoms. The molecule has 0 saturated carbocycles. The van der Waals surface area contributed by atoms with E-state index in [2.05, 4.69) is 39.5 Å². The highest BCUT2D eigenvalue weighted by Gasteiger charge is 2.10. The van der Waals surface area contributed by atoms with Crippen LogP contribution in [0.2, 0.25) is 0 Å². The van der Waals surface area contributed by atoms with Gasteiger partial charge in [-0.3, -0.25) is 0 Å². The van der Waals surface area contributed by atoms with Gasteiger partial charge in [-0.25, -0.2) is 4.98 Å². The van der Waals surface area contributed by atoms with Crippen LogP contribution in [0.1, 0.15) is 5.56 Å². The Hall–Kier alpha value is -2.27. The smallest absolute Gasteiger partial charge is 0.132 e. The lowest BCUT2D eigenvalue weighted by Crippen LogP contribution is -2.36. The third-order valence-electron chi connectivity index (χ3n) is 3.66. The van der Waals surface area contributed by atoms with Gasteiger partial charge in [0.2, 0.25) is 0 Å². The summed E-state index contributed by atoms with van der Waals surface area (Å²) in [5.41, 5.74) is 9.86. The number of nitrogens with one attached hydrogen (secondary N) is 1. The average molecular weight is 284 g/mol. The van der Waals surface area contributed by atoms with Gasteiger partial charge in [0.05, 0.1) is 13.2 Å². The number of hydrogen-bond acceptors (Lipinski definition) is 5. The van der Waals surface area contributed by atoms with Gasteiger partial charge in [0.25, 0.3) is 0 Å². The van der Waals surface area contributed by atoms with Crippen LogP contribution >= 0.6 is 0 Å². The van der Waals surface area contributed by atoms with Crippen molar-refractivity contribution >= 4 is 22.9 Å². The van der Waals surface area contributed by atoms with Gasteiger partial charge in [0.15, 0.2) is 0 Å². The maximum Gasteiger partial charge on any atom is 0.132 e. The van der Waals surface area contributed by atoms with E-state index in [-0.39, 0.29) is 0 Å². The molecule has 0 radical (unpaired) electrons. The first-order valence-electron chi connectivity index (χ1n) is 7.14. The summed E-state index contributed by atoms with van der Waals surface area (Å²) in [6.07, 6.45) is 1.78. The lowest BCUT2D eigenvalue weighted by Gasteiger charge is -2.28. The van der Waals surface area contributed by atoms with Crippen molar-refractivity contribution in [2.75, 3.05) is 42.3 Å². The van der Waals surface area contributed by atoms with Gasteiger partial charge in [-0.2, -0.15) is 0 Å². The summed E-state index contributed by atoms with van der Waals surface area (Å²) in [6.45, 7) is 5.44. The van der Waals surface area contributed by atoms with Crippen LogP contribution in [-0.4, -0.2) is 31.3 Å². The SMILES string of the molecule is Cc1cnc(Nc2ccc(N3CCOCC3)cc2)cc1N. The third kappa shape index (κ3) is 3.25. The minimum Gasteiger partial charge on any atom is -0.398 e. The van der Waals surface area contributed by atoms with Gasteiger partial charge >= 0.3 is 0 Å². The monoisotopic (exact) mass is 284 g/mol. The Balaban J connectivity index is 1.70. The minimum absolute atomic E-state index is 0.748. The van der Waals surface area contributed by atoms with E-state index in [4.69, 9.17) is 10.5 Å². The van der Waals surface area contributed by atoms with E-state index < -0.39 is 0 Å². The number of rotatable bonds is 3. The molecule has 0 bridgehead atoms. The molecule has 1 saturated heterocycles. The molecule has 5 nitrogen and oxygen atoms in total. The van der Waals surface area contributed by atoms with E-state index in [0.717, 1.165) is 49.1 Å². The van der Waals surface area contributed by atoms with Gasteiger partial charge in [0.1, 0.15) is 5.82 Å². The first kappa shape index (κ1) is 13.7. The number of nitrogens with zero attached hydrogens (tertiary/aromatic N) is 2. The number of nitrogen functional groups attached to an aromatic ring is 1. The second-order valence-corrected chi connectivity index (χ2v) is 5.20. The van der Waals surface area contributed by atoms with Crippen LogP contribution in [0.3, 0.4) is 0 Å². The average Bonchev–Trinajstić information content (AvgIpc) is 2.53. The van der Waals surface area contributed by atoms with Crippen LogP contribution in [0.5, 0.6) is 0 Å². The standard InChI is InChI=1S/C16H20N4O/c1-12-11-18-16(10-15(12)17)19-13-2-4-14(5-3-13)20-6-8-21-9-7-20/h2-5,10-11H,6-9H2,1H3,(H3,17,18,19). The third-order valence-corrected chi connectivity index (χ3v) is 3.66. The number of aromatic nitrogens is 1. The van der Waals surface area contributed by atoms with Gasteiger partial charge in [0, 0.05) is 42.4 Å². The molecule has 110 valence electrons. The summed E-state index contributed by atoms with van der Waals surface area (Å²) in [5, 5.41) is 3.27. The van der Waals surface area contributed by atoms with E-state index in [1.54, 1.807) is 6.20 Å². The largest absolute Gasteiger partial charge is 0.398 e. The summed E-state index contributed by atoms with van der Waals surface area (Å²) >= 11 is 0. The normalized spacial score (nSPS) is 15.0.